The van der Waals surface area contributed by atoms with Crippen LogP contribution in [0.15, 0.2) is 54.6 Å². The van der Waals surface area contributed by atoms with Crippen molar-refractivity contribution in [3.05, 3.63) is 54.6 Å². The fourth-order valence-electron chi connectivity index (χ4n) is 3.62. The molecule has 0 spiro atoms. The van der Waals surface area contributed by atoms with E-state index in [1.807, 2.05) is 30.3 Å². The summed E-state index contributed by atoms with van der Waals surface area (Å²) in [5.41, 5.74) is 2.37. The maximum Gasteiger partial charge on any atom is 0.119 e. The molecule has 1 saturated carbocycles. The first-order valence-electron chi connectivity index (χ1n) is 9.39. The van der Waals surface area contributed by atoms with Crippen LogP contribution in [0, 0.1) is 0 Å². The highest BCUT2D eigenvalue weighted by molar-refractivity contribution is 5.63. The lowest BCUT2D eigenvalue weighted by atomic mass is 9.94. The van der Waals surface area contributed by atoms with Gasteiger partial charge in [-0.15, -0.1) is 0 Å². The highest BCUT2D eigenvalue weighted by atomic mass is 16.5. The molecule has 0 amide bonds. The van der Waals surface area contributed by atoms with Crippen LogP contribution in [0.3, 0.4) is 0 Å². The van der Waals surface area contributed by atoms with Crippen molar-refractivity contribution in [2.24, 2.45) is 0 Å². The Labute approximate surface area is 151 Å². The van der Waals surface area contributed by atoms with Gasteiger partial charge in [0.25, 0.3) is 0 Å². The summed E-state index contributed by atoms with van der Waals surface area (Å²) in [5.74, 6) is 0.805. The molecular weight excluding hydrogens is 310 g/mol. The highest BCUT2D eigenvalue weighted by Crippen LogP contribution is 2.23. The van der Waals surface area contributed by atoms with Crippen LogP contribution < -0.4 is 4.74 Å². The van der Waals surface area contributed by atoms with Crippen LogP contribution in [-0.4, -0.2) is 42.4 Å². The molecule has 0 heterocycles. The molecule has 1 aliphatic rings. The monoisotopic (exact) mass is 339 g/mol. The summed E-state index contributed by atoms with van der Waals surface area (Å²) in [7, 11) is 2.12. The second-order valence-corrected chi connectivity index (χ2v) is 7.09. The minimum absolute atomic E-state index is 0.335. The summed E-state index contributed by atoms with van der Waals surface area (Å²) in [6, 6.07) is 19.0. The normalized spacial score (nSPS) is 16.8. The van der Waals surface area contributed by atoms with Crippen molar-refractivity contribution >= 4 is 0 Å². The number of benzene rings is 2. The van der Waals surface area contributed by atoms with Gasteiger partial charge in [0.15, 0.2) is 0 Å². The predicted octanol–water partition coefficient (Wildman–Crippen LogP) is 4.36. The van der Waals surface area contributed by atoms with E-state index in [9.17, 15) is 5.11 Å². The van der Waals surface area contributed by atoms with Crippen molar-refractivity contribution in [1.82, 2.24) is 4.90 Å². The lowest BCUT2D eigenvalue weighted by Crippen LogP contribution is -2.40. The van der Waals surface area contributed by atoms with Gasteiger partial charge in [-0.3, -0.25) is 0 Å². The molecule has 1 fully saturated rings. The molecule has 2 aromatic rings. The van der Waals surface area contributed by atoms with Crippen molar-refractivity contribution in [3.8, 4) is 16.9 Å². The van der Waals surface area contributed by atoms with Gasteiger partial charge in [0, 0.05) is 12.6 Å². The second-order valence-electron chi connectivity index (χ2n) is 7.09. The van der Waals surface area contributed by atoms with E-state index in [4.69, 9.17) is 4.74 Å². The fraction of sp³-hybridized carbons (Fsp3) is 0.455. The molecule has 1 atom stereocenters. The number of nitrogens with zero attached hydrogens (tertiary/aromatic N) is 1. The zero-order valence-electron chi connectivity index (χ0n) is 15.1. The van der Waals surface area contributed by atoms with Gasteiger partial charge in [-0.2, -0.15) is 0 Å². The second kappa shape index (κ2) is 9.02. The summed E-state index contributed by atoms with van der Waals surface area (Å²) in [6.45, 7) is 1.01. The predicted molar refractivity (Wildman–Crippen MR) is 103 cm³/mol. The summed E-state index contributed by atoms with van der Waals surface area (Å²) in [6.07, 6.45) is 6.04. The molecular formula is C22H29NO2. The number of aliphatic hydroxyl groups excluding tert-OH is 1. The van der Waals surface area contributed by atoms with Crippen molar-refractivity contribution < 1.29 is 9.84 Å². The Hall–Kier alpha value is -1.84. The average Bonchev–Trinajstić information content (AvgIpc) is 2.68. The standard InChI is InChI=1S/C22H29NO2/c1-23(20-10-6-3-7-11-20)16-21(24)17-25-22-14-12-19(13-15-22)18-8-4-2-5-9-18/h2,4-5,8-9,12-15,20-21,24H,3,6-7,10-11,16-17H2,1H3/t21-/m1/s1. The number of rotatable bonds is 7. The van der Waals surface area contributed by atoms with Crippen molar-refractivity contribution in [3.63, 3.8) is 0 Å². The number of ether oxygens (including phenoxy) is 1. The van der Waals surface area contributed by atoms with E-state index in [0.29, 0.717) is 19.2 Å². The largest absolute Gasteiger partial charge is 0.491 e. The summed E-state index contributed by atoms with van der Waals surface area (Å²) >= 11 is 0. The van der Waals surface area contributed by atoms with Crippen LogP contribution in [0.4, 0.5) is 0 Å². The van der Waals surface area contributed by atoms with Crippen LogP contribution in [0.25, 0.3) is 11.1 Å². The Bertz CT molecular complexity index is 620. The molecule has 0 aromatic heterocycles. The number of hydrogen-bond acceptors (Lipinski definition) is 3. The van der Waals surface area contributed by atoms with Crippen molar-refractivity contribution in [1.29, 1.82) is 0 Å². The Balaban J connectivity index is 1.46. The molecule has 1 aliphatic carbocycles. The Morgan fingerprint density at radius 3 is 2.28 bits per heavy atom. The van der Waals surface area contributed by atoms with Crippen molar-refractivity contribution in [2.45, 2.75) is 44.2 Å². The Kier molecular flexibility index (Phi) is 6.48. The highest BCUT2D eigenvalue weighted by Gasteiger charge is 2.20. The SMILES string of the molecule is CN(C[C@@H](O)COc1ccc(-c2ccccc2)cc1)C1CCCCC1. The number of hydrogen-bond donors (Lipinski definition) is 1. The Morgan fingerprint density at radius 1 is 0.960 bits per heavy atom. The number of likely N-dealkylation sites (N-methyl/N-ethyl adjacent to an activating group) is 1. The van der Waals surface area contributed by atoms with Gasteiger partial charge in [0.2, 0.25) is 0 Å². The van der Waals surface area contributed by atoms with Gasteiger partial charge in [-0.1, -0.05) is 61.7 Å². The fourth-order valence-corrected chi connectivity index (χ4v) is 3.62. The van der Waals surface area contributed by atoms with Gasteiger partial charge in [-0.05, 0) is 43.1 Å². The summed E-state index contributed by atoms with van der Waals surface area (Å²) in [5, 5.41) is 10.3. The third-order valence-corrected chi connectivity index (χ3v) is 5.10. The molecule has 134 valence electrons. The first-order valence-corrected chi connectivity index (χ1v) is 9.39. The van der Waals surface area contributed by atoms with Gasteiger partial charge >= 0.3 is 0 Å². The zero-order valence-corrected chi connectivity index (χ0v) is 15.1. The number of aliphatic hydroxyl groups is 1. The van der Waals surface area contributed by atoms with Gasteiger partial charge in [0.05, 0.1) is 0 Å². The lowest BCUT2D eigenvalue weighted by molar-refractivity contribution is 0.0561. The zero-order chi connectivity index (χ0) is 17.5. The quantitative estimate of drug-likeness (QED) is 0.813. The molecule has 25 heavy (non-hydrogen) atoms. The molecule has 1 N–H and O–H groups in total. The molecule has 2 aromatic carbocycles. The topological polar surface area (TPSA) is 32.7 Å². The Morgan fingerprint density at radius 2 is 1.60 bits per heavy atom. The van der Waals surface area contributed by atoms with E-state index in [2.05, 4.69) is 36.2 Å². The molecule has 0 bridgehead atoms. The van der Waals surface area contributed by atoms with Crippen LogP contribution in [0.1, 0.15) is 32.1 Å². The molecule has 0 aliphatic heterocycles. The maximum atomic E-state index is 10.3. The van der Waals surface area contributed by atoms with Gasteiger partial charge in [-0.25, -0.2) is 0 Å². The molecule has 0 radical (unpaired) electrons. The van der Waals surface area contributed by atoms with Crippen LogP contribution >= 0.6 is 0 Å². The van der Waals surface area contributed by atoms with E-state index in [0.717, 1.165) is 5.75 Å². The van der Waals surface area contributed by atoms with E-state index in [1.54, 1.807) is 0 Å². The first kappa shape index (κ1) is 18.0. The van der Waals surface area contributed by atoms with Gasteiger partial charge in [0.1, 0.15) is 18.5 Å². The van der Waals surface area contributed by atoms with E-state index in [-0.39, 0.29) is 0 Å². The summed E-state index contributed by atoms with van der Waals surface area (Å²) in [4.78, 5) is 2.30. The van der Waals surface area contributed by atoms with E-state index in [1.165, 1.54) is 43.2 Å². The minimum Gasteiger partial charge on any atom is -0.491 e. The van der Waals surface area contributed by atoms with Crippen LogP contribution in [0.2, 0.25) is 0 Å². The van der Waals surface area contributed by atoms with Crippen molar-refractivity contribution in [2.75, 3.05) is 20.2 Å². The average molecular weight is 339 g/mol. The van der Waals surface area contributed by atoms with Gasteiger partial charge < -0.3 is 14.7 Å². The molecule has 0 saturated heterocycles. The third kappa shape index (κ3) is 5.32. The molecule has 3 nitrogen and oxygen atoms in total. The van der Waals surface area contributed by atoms with E-state index < -0.39 is 6.10 Å². The first-order chi connectivity index (χ1) is 12.2. The van der Waals surface area contributed by atoms with Crippen LogP contribution in [0.5, 0.6) is 5.75 Å². The van der Waals surface area contributed by atoms with E-state index >= 15 is 0 Å². The third-order valence-electron chi connectivity index (χ3n) is 5.10. The molecule has 3 heteroatoms. The molecule has 0 unspecified atom stereocenters. The molecule has 3 rings (SSSR count). The maximum absolute atomic E-state index is 10.3. The summed E-state index contributed by atoms with van der Waals surface area (Å²) < 4.78 is 5.77. The smallest absolute Gasteiger partial charge is 0.119 e. The minimum atomic E-state index is -0.458. The van der Waals surface area contributed by atoms with Crippen LogP contribution in [-0.2, 0) is 0 Å². The lowest BCUT2D eigenvalue weighted by Gasteiger charge is -2.32.